The van der Waals surface area contributed by atoms with Crippen molar-refractivity contribution in [1.82, 2.24) is 4.98 Å². The van der Waals surface area contributed by atoms with Gasteiger partial charge < -0.3 is 10.5 Å². The van der Waals surface area contributed by atoms with Crippen LogP contribution in [0, 0.1) is 11.9 Å². The van der Waals surface area contributed by atoms with Gasteiger partial charge in [-0.2, -0.15) is 4.39 Å². The molecule has 0 bridgehead atoms. The molecule has 1 fully saturated rings. The van der Waals surface area contributed by atoms with Crippen LogP contribution >= 0.6 is 15.9 Å². The zero-order chi connectivity index (χ0) is 12.9. The standard InChI is InChI=1S/C11H10BrF2N3O/c12-5-1-7(9(14)16-3-5)11(4-13)6-2-8(6)18-10(15)17-11/h1,3,6,8H,2,4H2,(H2,15,17)/t6-,8+,11-/m1/s1. The molecule has 0 radical (unpaired) electrons. The molecular weight excluding hydrogens is 308 g/mol. The highest BCUT2D eigenvalue weighted by molar-refractivity contribution is 9.10. The molecule has 4 nitrogen and oxygen atoms in total. The molecule has 2 N–H and O–H groups in total. The van der Waals surface area contributed by atoms with Gasteiger partial charge in [-0.05, 0) is 28.4 Å². The first-order valence-electron chi connectivity index (χ1n) is 5.46. The lowest BCUT2D eigenvalue weighted by Crippen LogP contribution is -2.40. The van der Waals surface area contributed by atoms with Crippen LogP contribution in [-0.2, 0) is 10.3 Å². The average Bonchev–Trinajstić information content (AvgIpc) is 3.10. The lowest BCUT2D eigenvalue weighted by molar-refractivity contribution is 0.167. The van der Waals surface area contributed by atoms with E-state index < -0.39 is 18.2 Å². The summed E-state index contributed by atoms with van der Waals surface area (Å²) in [6, 6.07) is 1.41. The molecule has 0 saturated heterocycles. The predicted octanol–water partition coefficient (Wildman–Crippen LogP) is 1.88. The molecule has 3 rings (SSSR count). The lowest BCUT2D eigenvalue weighted by atomic mass is 9.87. The van der Waals surface area contributed by atoms with Gasteiger partial charge in [0.25, 0.3) is 6.02 Å². The summed E-state index contributed by atoms with van der Waals surface area (Å²) in [4.78, 5) is 7.62. The third kappa shape index (κ3) is 1.60. The smallest absolute Gasteiger partial charge is 0.283 e. The highest BCUT2D eigenvalue weighted by atomic mass is 79.9. The van der Waals surface area contributed by atoms with Crippen LogP contribution in [0.3, 0.4) is 0 Å². The van der Waals surface area contributed by atoms with E-state index in [9.17, 15) is 8.78 Å². The van der Waals surface area contributed by atoms with Gasteiger partial charge in [-0.1, -0.05) is 0 Å². The number of aromatic nitrogens is 1. The third-order valence-electron chi connectivity index (χ3n) is 3.40. The first kappa shape index (κ1) is 11.8. The quantitative estimate of drug-likeness (QED) is 0.847. The van der Waals surface area contributed by atoms with Crippen molar-refractivity contribution in [2.75, 3.05) is 6.67 Å². The van der Waals surface area contributed by atoms with Crippen LogP contribution in [0.2, 0.25) is 0 Å². The zero-order valence-corrected chi connectivity index (χ0v) is 10.8. The van der Waals surface area contributed by atoms with Gasteiger partial charge in [-0.25, -0.2) is 14.4 Å². The fraction of sp³-hybridized carbons (Fsp3) is 0.455. The molecule has 0 unspecified atom stereocenters. The fourth-order valence-corrected chi connectivity index (χ4v) is 2.78. The summed E-state index contributed by atoms with van der Waals surface area (Å²) in [7, 11) is 0. The SMILES string of the molecule is NC1=N[C@@](CF)(c2cc(Br)cnc2F)[C@@H]2C[C@@H]2O1. The number of hydrogen-bond donors (Lipinski definition) is 1. The van der Waals surface area contributed by atoms with Crippen molar-refractivity contribution in [3.8, 4) is 0 Å². The number of hydrogen-bond acceptors (Lipinski definition) is 4. The van der Waals surface area contributed by atoms with E-state index in [-0.39, 0.29) is 23.6 Å². The monoisotopic (exact) mass is 317 g/mol. The Kier molecular flexibility index (Phi) is 2.55. The van der Waals surface area contributed by atoms with Gasteiger partial charge in [0, 0.05) is 22.2 Å². The van der Waals surface area contributed by atoms with Crippen molar-refractivity contribution in [3.63, 3.8) is 0 Å². The second kappa shape index (κ2) is 3.88. The maximum Gasteiger partial charge on any atom is 0.283 e. The van der Waals surface area contributed by atoms with E-state index in [1.807, 2.05) is 0 Å². The largest absolute Gasteiger partial charge is 0.462 e. The van der Waals surface area contributed by atoms with Crippen molar-refractivity contribution < 1.29 is 13.5 Å². The predicted molar refractivity (Wildman–Crippen MR) is 64.2 cm³/mol. The minimum absolute atomic E-state index is 0.0919. The van der Waals surface area contributed by atoms with Crippen molar-refractivity contribution in [3.05, 3.63) is 28.2 Å². The van der Waals surface area contributed by atoms with Crippen molar-refractivity contribution in [1.29, 1.82) is 0 Å². The second-order valence-corrected chi connectivity index (χ2v) is 5.41. The first-order valence-corrected chi connectivity index (χ1v) is 6.25. The van der Waals surface area contributed by atoms with Crippen LogP contribution in [0.5, 0.6) is 0 Å². The van der Waals surface area contributed by atoms with E-state index in [1.165, 1.54) is 12.3 Å². The molecule has 1 aromatic heterocycles. The number of halogens is 3. The van der Waals surface area contributed by atoms with Crippen molar-refractivity contribution in [2.24, 2.45) is 16.6 Å². The Labute approximate surface area is 110 Å². The molecule has 0 spiro atoms. The number of rotatable bonds is 2. The molecule has 1 aliphatic heterocycles. The molecule has 7 heteroatoms. The maximum absolute atomic E-state index is 13.9. The van der Waals surface area contributed by atoms with Gasteiger partial charge in [-0.15, -0.1) is 0 Å². The summed E-state index contributed by atoms with van der Waals surface area (Å²) in [6.07, 6.45) is 1.78. The second-order valence-electron chi connectivity index (χ2n) is 4.50. The lowest BCUT2D eigenvalue weighted by Gasteiger charge is -2.30. The highest BCUT2D eigenvalue weighted by Crippen LogP contribution is 2.53. The number of pyridine rings is 1. The zero-order valence-electron chi connectivity index (χ0n) is 9.24. The third-order valence-corrected chi connectivity index (χ3v) is 3.84. The molecule has 2 heterocycles. The Morgan fingerprint density at radius 1 is 1.61 bits per heavy atom. The van der Waals surface area contributed by atoms with Gasteiger partial charge in [0.1, 0.15) is 18.3 Å². The Balaban J connectivity index is 2.16. The summed E-state index contributed by atoms with van der Waals surface area (Å²) >= 11 is 3.20. The number of amidine groups is 1. The maximum atomic E-state index is 13.9. The fourth-order valence-electron chi connectivity index (χ4n) is 2.45. The van der Waals surface area contributed by atoms with E-state index in [0.717, 1.165) is 0 Å². The highest BCUT2D eigenvalue weighted by Gasteiger charge is 2.60. The van der Waals surface area contributed by atoms with Crippen LogP contribution in [0.25, 0.3) is 0 Å². The summed E-state index contributed by atoms with van der Waals surface area (Å²) in [5.41, 5.74) is 4.36. The van der Waals surface area contributed by atoms with E-state index in [2.05, 4.69) is 25.9 Å². The number of fused-ring (bicyclic) bond motifs is 1. The molecule has 0 amide bonds. The van der Waals surface area contributed by atoms with E-state index >= 15 is 0 Å². The van der Waals surface area contributed by atoms with Crippen LogP contribution in [-0.4, -0.2) is 23.8 Å². The molecular formula is C11H10BrF2N3O. The van der Waals surface area contributed by atoms with Gasteiger partial charge in [0.15, 0.2) is 0 Å². The Morgan fingerprint density at radius 3 is 3.11 bits per heavy atom. The van der Waals surface area contributed by atoms with Crippen LogP contribution in [0.1, 0.15) is 12.0 Å². The molecule has 0 aromatic carbocycles. The summed E-state index contributed by atoms with van der Waals surface area (Å²) in [6.45, 7) is -0.826. The minimum atomic E-state index is -1.30. The number of ether oxygens (including phenoxy) is 1. The Bertz CT molecular complexity index is 539. The van der Waals surface area contributed by atoms with E-state index in [4.69, 9.17) is 10.5 Å². The Morgan fingerprint density at radius 2 is 2.39 bits per heavy atom. The normalized spacial score (nSPS) is 33.4. The minimum Gasteiger partial charge on any atom is -0.462 e. The molecule has 1 saturated carbocycles. The molecule has 1 aromatic rings. The number of nitrogens with zero attached hydrogens (tertiary/aromatic N) is 2. The van der Waals surface area contributed by atoms with E-state index in [0.29, 0.717) is 10.9 Å². The van der Waals surface area contributed by atoms with Crippen LogP contribution in [0.4, 0.5) is 8.78 Å². The van der Waals surface area contributed by atoms with Gasteiger partial charge in [-0.3, -0.25) is 0 Å². The molecule has 18 heavy (non-hydrogen) atoms. The van der Waals surface area contributed by atoms with Gasteiger partial charge in [0.05, 0.1) is 0 Å². The Hall–Kier alpha value is -1.24. The van der Waals surface area contributed by atoms with Gasteiger partial charge in [0.2, 0.25) is 5.95 Å². The van der Waals surface area contributed by atoms with Crippen LogP contribution < -0.4 is 5.73 Å². The van der Waals surface area contributed by atoms with Crippen molar-refractivity contribution >= 4 is 22.0 Å². The van der Waals surface area contributed by atoms with Gasteiger partial charge >= 0.3 is 0 Å². The first-order chi connectivity index (χ1) is 8.56. The number of alkyl halides is 1. The molecule has 1 aliphatic carbocycles. The molecule has 2 aliphatic rings. The average molecular weight is 318 g/mol. The molecule has 3 atom stereocenters. The number of nitrogens with two attached hydrogens (primary N) is 1. The number of aliphatic imine (C=N–C) groups is 1. The molecule has 96 valence electrons. The summed E-state index contributed by atoms with van der Waals surface area (Å²) < 4.78 is 33.2. The summed E-state index contributed by atoms with van der Waals surface area (Å²) in [5, 5.41) is 0. The van der Waals surface area contributed by atoms with E-state index in [1.54, 1.807) is 0 Å². The van der Waals surface area contributed by atoms with Crippen LogP contribution in [0.15, 0.2) is 21.7 Å². The van der Waals surface area contributed by atoms with Crippen molar-refractivity contribution in [2.45, 2.75) is 18.1 Å². The topological polar surface area (TPSA) is 60.5 Å². The summed E-state index contributed by atoms with van der Waals surface area (Å²) in [5.74, 6) is -0.902.